The van der Waals surface area contributed by atoms with Crippen LogP contribution in [0, 0.1) is 0 Å². The third-order valence-corrected chi connectivity index (χ3v) is 1.64. The molecule has 0 aliphatic carbocycles. The number of unbranched alkanes of at least 4 members (excludes halogenated alkanes) is 1. The predicted octanol–water partition coefficient (Wildman–Crippen LogP) is 0.865. The van der Waals surface area contributed by atoms with E-state index in [-0.39, 0.29) is 6.42 Å². The Bertz CT molecular complexity index is 192. The lowest BCUT2D eigenvalue weighted by atomic mass is 10.2. The van der Waals surface area contributed by atoms with Gasteiger partial charge in [0.1, 0.15) is 0 Å². The second-order valence-electron chi connectivity index (χ2n) is 2.20. The predicted molar refractivity (Wildman–Crippen MR) is 39.1 cm³/mol. The highest BCUT2D eigenvalue weighted by atomic mass is 32.2. The molecule has 1 unspecified atom stereocenters. The van der Waals surface area contributed by atoms with Gasteiger partial charge in [-0.05, 0) is 12.8 Å². The first-order valence-electron chi connectivity index (χ1n) is 3.34. The van der Waals surface area contributed by atoms with E-state index in [2.05, 4.69) is 0 Å². The summed E-state index contributed by atoms with van der Waals surface area (Å²) in [6, 6.07) is 0. The molecule has 0 spiro atoms. The Kier molecular flexibility index (Phi) is 4.55. The van der Waals surface area contributed by atoms with Crippen molar-refractivity contribution >= 4 is 10.3 Å². The highest BCUT2D eigenvalue weighted by Gasteiger charge is 2.12. The van der Waals surface area contributed by atoms with Crippen LogP contribution in [0.3, 0.4) is 0 Å². The molecule has 0 aliphatic rings. The molecule has 0 saturated heterocycles. The van der Waals surface area contributed by atoms with Crippen LogP contribution in [0.5, 0.6) is 0 Å². The molecule has 0 radical (unpaired) electrons. The van der Waals surface area contributed by atoms with Crippen molar-refractivity contribution in [3.8, 4) is 0 Å². The average Bonchev–Trinajstić information content (AvgIpc) is 1.79. The van der Waals surface area contributed by atoms with Gasteiger partial charge in [0.2, 0.25) is 0 Å². The van der Waals surface area contributed by atoms with Crippen LogP contribution in [0.25, 0.3) is 0 Å². The first-order valence-corrected chi connectivity index (χ1v) is 4.78. The van der Waals surface area contributed by atoms with Gasteiger partial charge in [0.25, 0.3) is 0 Å². The molecule has 0 heterocycles. The summed E-state index contributed by atoms with van der Waals surface area (Å²) in [7, 11) is -4.38. The molecule has 0 aromatic heterocycles. The van der Waals surface area contributed by atoms with Gasteiger partial charge < -0.3 is 0 Å². The van der Waals surface area contributed by atoms with Gasteiger partial charge in [-0.25, -0.2) is 4.39 Å². The summed E-state index contributed by atoms with van der Waals surface area (Å²) in [5.74, 6) is 0. The number of rotatable bonds is 5. The number of nitrogens with one attached hydrogen (secondary N) is 1. The molecule has 0 aromatic rings. The zero-order valence-electron chi connectivity index (χ0n) is 6.25. The first kappa shape index (κ1) is 10.8. The molecular formula is C5H12FNO3S. The van der Waals surface area contributed by atoms with E-state index in [9.17, 15) is 12.8 Å². The first-order chi connectivity index (χ1) is 4.95. The molecule has 6 heteroatoms. The lowest BCUT2D eigenvalue weighted by molar-refractivity contribution is 0.280. The van der Waals surface area contributed by atoms with Crippen LogP contribution >= 0.6 is 0 Å². The van der Waals surface area contributed by atoms with E-state index < -0.39 is 16.6 Å². The minimum absolute atomic E-state index is 0.0935. The standard InChI is InChI=1S/C5H12FNO3S/c1-2-3-4-5(6)7-11(8,9)10/h5,7H,2-4H2,1H3,(H,8,9,10). The van der Waals surface area contributed by atoms with Crippen molar-refractivity contribution in [2.45, 2.75) is 32.5 Å². The fraction of sp³-hybridized carbons (Fsp3) is 1.00. The lowest BCUT2D eigenvalue weighted by Gasteiger charge is -2.05. The van der Waals surface area contributed by atoms with Crippen molar-refractivity contribution in [2.24, 2.45) is 0 Å². The van der Waals surface area contributed by atoms with Crippen molar-refractivity contribution in [3.05, 3.63) is 0 Å². The Morgan fingerprint density at radius 1 is 1.64 bits per heavy atom. The smallest absolute Gasteiger partial charge is 0.273 e. The molecule has 0 rings (SSSR count). The normalized spacial score (nSPS) is 14.8. The second-order valence-corrected chi connectivity index (χ2v) is 3.39. The SMILES string of the molecule is CCCCC(F)NS(=O)(=O)O. The zero-order chi connectivity index (χ0) is 8.91. The molecule has 0 aromatic carbocycles. The summed E-state index contributed by atoms with van der Waals surface area (Å²) in [4.78, 5) is 0. The topological polar surface area (TPSA) is 66.4 Å². The molecule has 1 atom stereocenters. The fourth-order valence-electron chi connectivity index (χ4n) is 0.604. The molecule has 0 amide bonds. The third kappa shape index (κ3) is 7.70. The summed E-state index contributed by atoms with van der Waals surface area (Å²) >= 11 is 0. The molecule has 68 valence electrons. The summed E-state index contributed by atoms with van der Waals surface area (Å²) in [6.45, 7) is 1.86. The second kappa shape index (κ2) is 4.63. The Hall–Kier alpha value is -0.200. The van der Waals surface area contributed by atoms with Gasteiger partial charge >= 0.3 is 10.3 Å². The molecule has 4 nitrogen and oxygen atoms in total. The monoisotopic (exact) mass is 185 g/mol. The lowest BCUT2D eigenvalue weighted by Crippen LogP contribution is -2.30. The van der Waals surface area contributed by atoms with Crippen LogP contribution in [0.15, 0.2) is 0 Å². The van der Waals surface area contributed by atoms with Gasteiger partial charge in [-0.3, -0.25) is 4.55 Å². The Morgan fingerprint density at radius 3 is 2.55 bits per heavy atom. The van der Waals surface area contributed by atoms with Crippen LogP contribution in [0.2, 0.25) is 0 Å². The third-order valence-electron chi connectivity index (χ3n) is 1.09. The molecule has 11 heavy (non-hydrogen) atoms. The average molecular weight is 185 g/mol. The van der Waals surface area contributed by atoms with Crippen molar-refractivity contribution in [1.82, 2.24) is 4.72 Å². The maximum Gasteiger partial charge on any atom is 0.335 e. The van der Waals surface area contributed by atoms with E-state index in [4.69, 9.17) is 4.55 Å². The van der Waals surface area contributed by atoms with Gasteiger partial charge in [-0.15, -0.1) is 0 Å². The van der Waals surface area contributed by atoms with E-state index in [1.165, 1.54) is 4.72 Å². The largest absolute Gasteiger partial charge is 0.335 e. The minimum atomic E-state index is -4.38. The van der Waals surface area contributed by atoms with Crippen molar-refractivity contribution in [1.29, 1.82) is 0 Å². The number of halogens is 1. The zero-order valence-corrected chi connectivity index (χ0v) is 7.07. The number of alkyl halides is 1. The highest BCUT2D eigenvalue weighted by molar-refractivity contribution is 7.83. The molecule has 0 saturated carbocycles. The van der Waals surface area contributed by atoms with Crippen molar-refractivity contribution in [3.63, 3.8) is 0 Å². The highest BCUT2D eigenvalue weighted by Crippen LogP contribution is 2.01. The van der Waals surface area contributed by atoms with Gasteiger partial charge in [0.05, 0.1) is 0 Å². The summed E-state index contributed by atoms with van der Waals surface area (Å²) in [5.41, 5.74) is 0. The Balaban J connectivity index is 3.61. The maximum atomic E-state index is 12.4. The quantitative estimate of drug-likeness (QED) is 0.493. The summed E-state index contributed by atoms with van der Waals surface area (Å²) < 4.78 is 42.0. The maximum absolute atomic E-state index is 12.4. The van der Waals surface area contributed by atoms with Crippen LogP contribution in [0.1, 0.15) is 26.2 Å². The van der Waals surface area contributed by atoms with E-state index in [1.807, 2.05) is 6.92 Å². The molecule has 0 fully saturated rings. The van der Waals surface area contributed by atoms with E-state index in [0.29, 0.717) is 6.42 Å². The molecule has 0 bridgehead atoms. The summed E-state index contributed by atoms with van der Waals surface area (Å²) in [6.07, 6.45) is -0.210. The summed E-state index contributed by atoms with van der Waals surface area (Å²) in [5, 5.41) is 0. The molecule has 2 N–H and O–H groups in total. The minimum Gasteiger partial charge on any atom is -0.273 e. The van der Waals surface area contributed by atoms with Crippen LogP contribution in [-0.2, 0) is 10.3 Å². The van der Waals surface area contributed by atoms with Crippen LogP contribution in [0.4, 0.5) is 4.39 Å². The van der Waals surface area contributed by atoms with Gasteiger partial charge in [0.15, 0.2) is 6.30 Å². The Morgan fingerprint density at radius 2 is 2.18 bits per heavy atom. The fourth-order valence-corrected chi connectivity index (χ4v) is 1.04. The van der Waals surface area contributed by atoms with E-state index >= 15 is 0 Å². The van der Waals surface area contributed by atoms with E-state index in [0.717, 1.165) is 6.42 Å². The number of hydrogen-bond donors (Lipinski definition) is 2. The molecule has 0 aliphatic heterocycles. The van der Waals surface area contributed by atoms with E-state index in [1.54, 1.807) is 0 Å². The van der Waals surface area contributed by atoms with Gasteiger partial charge in [0, 0.05) is 0 Å². The van der Waals surface area contributed by atoms with Crippen molar-refractivity contribution in [2.75, 3.05) is 0 Å². The molecular weight excluding hydrogens is 173 g/mol. The van der Waals surface area contributed by atoms with Crippen LogP contribution < -0.4 is 4.72 Å². The number of hydrogen-bond acceptors (Lipinski definition) is 2. The Labute approximate surface area is 65.7 Å². The van der Waals surface area contributed by atoms with Gasteiger partial charge in [-0.1, -0.05) is 13.3 Å². The van der Waals surface area contributed by atoms with Crippen molar-refractivity contribution < 1.29 is 17.4 Å². The van der Waals surface area contributed by atoms with Crippen LogP contribution in [-0.4, -0.2) is 19.3 Å². The van der Waals surface area contributed by atoms with Gasteiger partial charge in [-0.2, -0.15) is 13.1 Å².